The van der Waals surface area contributed by atoms with Crippen molar-refractivity contribution in [1.29, 1.82) is 0 Å². The number of benzene rings is 2. The largest absolute Gasteiger partial charge is 0.484 e. The summed E-state index contributed by atoms with van der Waals surface area (Å²) in [7, 11) is 3.30. The summed E-state index contributed by atoms with van der Waals surface area (Å²) in [4.78, 5) is 25.8. The molecule has 160 valence electrons. The Hall–Kier alpha value is -3.74. The van der Waals surface area contributed by atoms with Crippen LogP contribution in [-0.2, 0) is 4.79 Å². The van der Waals surface area contributed by atoms with Crippen molar-refractivity contribution in [3.05, 3.63) is 82.9 Å². The van der Waals surface area contributed by atoms with Crippen LogP contribution in [0.25, 0.3) is 11.8 Å². The van der Waals surface area contributed by atoms with Gasteiger partial charge in [-0.15, -0.1) is 0 Å². The first-order valence-corrected chi connectivity index (χ1v) is 9.74. The Bertz CT molecular complexity index is 1130. The third kappa shape index (κ3) is 5.25. The van der Waals surface area contributed by atoms with Gasteiger partial charge in [0.2, 0.25) is 0 Å². The number of nitrogens with zero attached hydrogens (tertiary/aromatic N) is 3. The summed E-state index contributed by atoms with van der Waals surface area (Å²) < 4.78 is 20.4. The molecule has 1 amide bonds. The summed E-state index contributed by atoms with van der Waals surface area (Å²) in [6.07, 6.45) is 3.21. The maximum atomic E-state index is 13.2. The third-order valence-corrected chi connectivity index (χ3v) is 4.80. The molecule has 0 aliphatic rings. The first-order chi connectivity index (χ1) is 14.8. The molecule has 6 nitrogen and oxygen atoms in total. The van der Waals surface area contributed by atoms with Crippen LogP contribution in [0, 0.1) is 19.7 Å². The molecular formula is C24H24FN3O3. The normalized spacial score (nSPS) is 11.0. The molecule has 3 rings (SSSR count). The number of halogens is 1. The van der Waals surface area contributed by atoms with Gasteiger partial charge in [0.05, 0.1) is 11.4 Å². The van der Waals surface area contributed by atoms with Gasteiger partial charge in [0, 0.05) is 30.9 Å². The lowest BCUT2D eigenvalue weighted by Crippen LogP contribution is -2.27. The topological polar surface area (TPSA) is 64.4 Å². The van der Waals surface area contributed by atoms with Gasteiger partial charge < -0.3 is 9.64 Å². The van der Waals surface area contributed by atoms with Gasteiger partial charge in [0.25, 0.3) is 5.91 Å². The Morgan fingerprint density at radius 1 is 1.13 bits per heavy atom. The summed E-state index contributed by atoms with van der Waals surface area (Å²) in [6, 6.07) is 12.8. The number of hydrogen-bond donors (Lipinski definition) is 0. The van der Waals surface area contributed by atoms with Crippen molar-refractivity contribution < 1.29 is 18.7 Å². The monoisotopic (exact) mass is 421 g/mol. The van der Waals surface area contributed by atoms with Crippen molar-refractivity contribution in [3.63, 3.8) is 0 Å². The van der Waals surface area contributed by atoms with Gasteiger partial charge >= 0.3 is 0 Å². The molecule has 0 atom stereocenters. The first-order valence-electron chi connectivity index (χ1n) is 9.74. The predicted molar refractivity (Wildman–Crippen MR) is 117 cm³/mol. The molecule has 0 saturated carbocycles. The van der Waals surface area contributed by atoms with Crippen LogP contribution in [0.4, 0.5) is 4.39 Å². The second-order valence-corrected chi connectivity index (χ2v) is 7.27. The van der Waals surface area contributed by atoms with Crippen LogP contribution in [0.5, 0.6) is 5.75 Å². The van der Waals surface area contributed by atoms with E-state index in [1.165, 1.54) is 23.1 Å². The number of ketones is 1. The molecule has 7 heteroatoms. The van der Waals surface area contributed by atoms with Gasteiger partial charge in [0.1, 0.15) is 11.6 Å². The molecular weight excluding hydrogens is 397 g/mol. The maximum Gasteiger partial charge on any atom is 0.259 e. The van der Waals surface area contributed by atoms with Gasteiger partial charge in [0.15, 0.2) is 12.4 Å². The lowest BCUT2D eigenvalue weighted by Gasteiger charge is -2.11. The number of amides is 1. The van der Waals surface area contributed by atoms with Crippen LogP contribution in [0.1, 0.15) is 27.3 Å². The number of hydrogen-bond acceptors (Lipinski definition) is 4. The molecule has 0 bridgehead atoms. The maximum absolute atomic E-state index is 13.2. The van der Waals surface area contributed by atoms with Crippen molar-refractivity contribution in [2.75, 3.05) is 20.7 Å². The average molecular weight is 421 g/mol. The molecule has 31 heavy (non-hydrogen) atoms. The molecule has 0 aliphatic heterocycles. The highest BCUT2D eigenvalue weighted by Crippen LogP contribution is 2.20. The lowest BCUT2D eigenvalue weighted by molar-refractivity contribution is -0.130. The Morgan fingerprint density at radius 2 is 1.84 bits per heavy atom. The van der Waals surface area contributed by atoms with Gasteiger partial charge in [-0.05, 0) is 62.4 Å². The zero-order valence-electron chi connectivity index (χ0n) is 17.9. The summed E-state index contributed by atoms with van der Waals surface area (Å²) in [5.41, 5.74) is 3.61. The van der Waals surface area contributed by atoms with Crippen LogP contribution in [-0.4, -0.2) is 47.1 Å². The summed E-state index contributed by atoms with van der Waals surface area (Å²) in [5, 5.41) is 4.51. The molecule has 0 spiro atoms. The Labute approximate surface area is 180 Å². The Balaban J connectivity index is 1.76. The van der Waals surface area contributed by atoms with E-state index in [0.29, 0.717) is 11.3 Å². The van der Waals surface area contributed by atoms with E-state index < -0.39 is 0 Å². The molecule has 0 fully saturated rings. The average Bonchev–Trinajstić information content (AvgIpc) is 3.04. The van der Waals surface area contributed by atoms with E-state index in [9.17, 15) is 14.0 Å². The fourth-order valence-corrected chi connectivity index (χ4v) is 3.00. The minimum atomic E-state index is -0.312. The first kappa shape index (κ1) is 22.0. The summed E-state index contributed by atoms with van der Waals surface area (Å²) in [6.45, 7) is 3.65. The van der Waals surface area contributed by atoms with E-state index in [4.69, 9.17) is 4.74 Å². The molecule has 0 unspecified atom stereocenters. The SMILES string of the molecule is Cc1nn(-c2ccc(F)cc2)c(C)c1/C=C/C(=O)c1cccc(OCC(=O)N(C)C)c1. The van der Waals surface area contributed by atoms with Crippen molar-refractivity contribution in [1.82, 2.24) is 14.7 Å². The molecule has 0 radical (unpaired) electrons. The zero-order valence-corrected chi connectivity index (χ0v) is 17.9. The zero-order chi connectivity index (χ0) is 22.5. The van der Waals surface area contributed by atoms with Gasteiger partial charge in [-0.3, -0.25) is 9.59 Å². The highest BCUT2D eigenvalue weighted by atomic mass is 19.1. The van der Waals surface area contributed by atoms with Crippen LogP contribution in [0.3, 0.4) is 0 Å². The van der Waals surface area contributed by atoms with E-state index in [2.05, 4.69) is 5.10 Å². The lowest BCUT2D eigenvalue weighted by atomic mass is 10.1. The molecule has 1 aromatic heterocycles. The van der Waals surface area contributed by atoms with Crippen LogP contribution < -0.4 is 4.74 Å². The molecule has 1 heterocycles. The molecule has 2 aromatic carbocycles. The molecule has 3 aromatic rings. The molecule has 0 aliphatic carbocycles. The fourth-order valence-electron chi connectivity index (χ4n) is 3.00. The van der Waals surface area contributed by atoms with E-state index in [1.807, 2.05) is 13.8 Å². The highest BCUT2D eigenvalue weighted by Gasteiger charge is 2.12. The minimum absolute atomic E-state index is 0.0958. The van der Waals surface area contributed by atoms with Crippen molar-refractivity contribution in [2.24, 2.45) is 0 Å². The van der Waals surface area contributed by atoms with Gasteiger partial charge in [-0.25, -0.2) is 9.07 Å². The summed E-state index contributed by atoms with van der Waals surface area (Å²) in [5.74, 6) is -0.224. The summed E-state index contributed by atoms with van der Waals surface area (Å²) >= 11 is 0. The van der Waals surface area contributed by atoms with Crippen LogP contribution in [0.15, 0.2) is 54.6 Å². The second-order valence-electron chi connectivity index (χ2n) is 7.27. The van der Waals surface area contributed by atoms with Crippen LogP contribution >= 0.6 is 0 Å². The van der Waals surface area contributed by atoms with E-state index in [1.54, 1.807) is 61.3 Å². The van der Waals surface area contributed by atoms with Gasteiger partial charge in [-0.2, -0.15) is 5.10 Å². The molecule has 0 saturated heterocycles. The highest BCUT2D eigenvalue weighted by molar-refractivity contribution is 6.07. The number of carbonyl (C=O) groups is 2. The second kappa shape index (κ2) is 9.38. The number of likely N-dealkylation sites (N-methyl/N-ethyl adjacent to an activating group) is 1. The Kier molecular flexibility index (Phi) is 6.65. The number of allylic oxidation sites excluding steroid dienone is 1. The standard InChI is InChI=1S/C24H24FN3O3/c1-16-22(17(2)28(26-16)20-10-8-19(25)9-11-20)12-13-23(29)18-6-5-7-21(14-18)31-15-24(30)27(3)4/h5-14H,15H2,1-4H3/b13-12+. The van der Waals surface area contributed by atoms with E-state index in [0.717, 1.165) is 22.6 Å². The number of aryl methyl sites for hydroxylation is 1. The number of aromatic nitrogens is 2. The minimum Gasteiger partial charge on any atom is -0.484 e. The van der Waals surface area contributed by atoms with Crippen molar-refractivity contribution in [3.8, 4) is 11.4 Å². The Morgan fingerprint density at radius 3 is 2.52 bits per heavy atom. The number of carbonyl (C=O) groups excluding carboxylic acids is 2. The number of ether oxygens (including phenoxy) is 1. The molecule has 0 N–H and O–H groups in total. The fraction of sp³-hybridized carbons (Fsp3) is 0.208. The third-order valence-electron chi connectivity index (χ3n) is 4.80. The van der Waals surface area contributed by atoms with Crippen molar-refractivity contribution in [2.45, 2.75) is 13.8 Å². The van der Waals surface area contributed by atoms with E-state index >= 15 is 0 Å². The smallest absolute Gasteiger partial charge is 0.259 e. The van der Waals surface area contributed by atoms with Crippen LogP contribution in [0.2, 0.25) is 0 Å². The quantitative estimate of drug-likeness (QED) is 0.427. The van der Waals surface area contributed by atoms with E-state index in [-0.39, 0.29) is 24.1 Å². The van der Waals surface area contributed by atoms with Crippen molar-refractivity contribution >= 4 is 17.8 Å². The number of rotatable bonds is 7. The predicted octanol–water partition coefficient (Wildman–Crippen LogP) is 3.99. The van der Waals surface area contributed by atoms with Gasteiger partial charge in [-0.1, -0.05) is 12.1 Å².